The number of ether oxygens (including phenoxy) is 1. The first-order valence-electron chi connectivity index (χ1n) is 9.38. The molecule has 0 unspecified atom stereocenters. The normalized spacial score (nSPS) is 16.2. The van der Waals surface area contributed by atoms with Crippen molar-refractivity contribution in [3.8, 4) is 0 Å². The van der Waals surface area contributed by atoms with Gasteiger partial charge in [0.25, 0.3) is 0 Å². The number of amides is 1. The number of rotatable bonds is 10. The number of aliphatic carboxylic acids is 1. The van der Waals surface area contributed by atoms with Crippen LogP contribution in [-0.2, 0) is 19.7 Å². The van der Waals surface area contributed by atoms with Gasteiger partial charge >= 0.3 is 5.97 Å². The maximum Gasteiger partial charge on any atom is 0.303 e. The fourth-order valence-electron chi connectivity index (χ4n) is 3.46. The second-order valence-corrected chi connectivity index (χ2v) is 7.31. The zero-order valence-electron chi connectivity index (χ0n) is 15.1. The van der Waals surface area contributed by atoms with Gasteiger partial charge in [0.1, 0.15) is 0 Å². The number of carboxylic acids is 1. The van der Waals surface area contributed by atoms with Gasteiger partial charge in [-0.25, -0.2) is 0 Å². The van der Waals surface area contributed by atoms with Crippen LogP contribution in [0.5, 0.6) is 0 Å². The Morgan fingerprint density at radius 1 is 1.12 bits per heavy atom. The molecule has 0 saturated carbocycles. The molecule has 0 radical (unpaired) electrons. The summed E-state index contributed by atoms with van der Waals surface area (Å²) in [6.45, 7) is 1.79. The summed E-state index contributed by atoms with van der Waals surface area (Å²) in [6.07, 6.45) is 6.10. The van der Waals surface area contributed by atoms with E-state index in [9.17, 15) is 9.59 Å². The van der Waals surface area contributed by atoms with Crippen molar-refractivity contribution in [2.45, 2.75) is 56.8 Å². The van der Waals surface area contributed by atoms with Gasteiger partial charge in [-0.3, -0.25) is 9.59 Å². The van der Waals surface area contributed by atoms with E-state index in [0.717, 1.165) is 37.7 Å². The van der Waals surface area contributed by atoms with Gasteiger partial charge in [-0.2, -0.15) is 0 Å². The molecule has 1 saturated heterocycles. The van der Waals surface area contributed by atoms with E-state index in [1.54, 1.807) is 0 Å². The molecule has 6 heteroatoms. The summed E-state index contributed by atoms with van der Waals surface area (Å²) in [5.41, 5.74) is 0.393. The van der Waals surface area contributed by atoms with Crippen molar-refractivity contribution >= 4 is 23.5 Å². The molecule has 0 aliphatic carbocycles. The van der Waals surface area contributed by atoms with Crippen LogP contribution in [-0.4, -0.2) is 36.7 Å². The quantitative estimate of drug-likeness (QED) is 0.602. The molecule has 0 bridgehead atoms. The van der Waals surface area contributed by atoms with Crippen LogP contribution in [0.15, 0.2) is 24.3 Å². The molecule has 1 fully saturated rings. The highest BCUT2D eigenvalue weighted by Crippen LogP contribution is 2.36. The number of nitrogens with one attached hydrogen (secondary N) is 1. The highest BCUT2D eigenvalue weighted by molar-refractivity contribution is 6.30. The van der Waals surface area contributed by atoms with E-state index in [1.807, 2.05) is 24.3 Å². The molecule has 5 nitrogen and oxygen atoms in total. The Balaban J connectivity index is 1.81. The van der Waals surface area contributed by atoms with E-state index in [1.165, 1.54) is 0 Å². The van der Waals surface area contributed by atoms with E-state index < -0.39 is 11.4 Å². The van der Waals surface area contributed by atoms with Crippen LogP contribution < -0.4 is 5.32 Å². The molecule has 2 N–H and O–H groups in total. The first-order valence-corrected chi connectivity index (χ1v) is 9.76. The molecule has 0 aromatic heterocycles. The van der Waals surface area contributed by atoms with E-state index in [2.05, 4.69) is 5.32 Å². The summed E-state index contributed by atoms with van der Waals surface area (Å²) < 4.78 is 5.47. The fourth-order valence-corrected chi connectivity index (χ4v) is 3.65. The Morgan fingerprint density at radius 3 is 2.50 bits per heavy atom. The van der Waals surface area contributed by atoms with Crippen LogP contribution in [0.2, 0.25) is 5.02 Å². The molecular formula is C20H28ClNO4. The lowest BCUT2D eigenvalue weighted by atomic mass is 9.73. The number of carbonyl (C=O) groups is 2. The number of carboxylic acid groups (broad SMARTS) is 1. The van der Waals surface area contributed by atoms with Gasteiger partial charge in [-0.05, 0) is 43.4 Å². The minimum atomic E-state index is -0.736. The van der Waals surface area contributed by atoms with E-state index in [4.69, 9.17) is 21.4 Å². The molecule has 1 aromatic rings. The van der Waals surface area contributed by atoms with Crippen molar-refractivity contribution in [2.24, 2.45) is 0 Å². The predicted molar refractivity (Wildman–Crippen MR) is 102 cm³/mol. The lowest BCUT2D eigenvalue weighted by molar-refractivity contribution is -0.137. The van der Waals surface area contributed by atoms with Crippen molar-refractivity contribution < 1.29 is 19.4 Å². The third kappa shape index (κ3) is 5.99. The molecule has 26 heavy (non-hydrogen) atoms. The zero-order chi connectivity index (χ0) is 18.8. The minimum Gasteiger partial charge on any atom is -0.481 e. The van der Waals surface area contributed by atoms with E-state index in [0.29, 0.717) is 37.6 Å². The number of unbranched alkanes of at least 4 members (excludes halogenated alkanes) is 4. The largest absolute Gasteiger partial charge is 0.481 e. The SMILES string of the molecule is O=C(O)CCCCCCCNC(=O)C1(c2cccc(Cl)c2)CCOCC1. The first kappa shape index (κ1) is 20.7. The highest BCUT2D eigenvalue weighted by atomic mass is 35.5. The fraction of sp³-hybridized carbons (Fsp3) is 0.600. The van der Waals surface area contributed by atoms with Gasteiger partial charge in [0.05, 0.1) is 5.41 Å². The Bertz CT molecular complexity index is 599. The van der Waals surface area contributed by atoms with Gasteiger partial charge in [0.2, 0.25) is 5.91 Å². The smallest absolute Gasteiger partial charge is 0.303 e. The van der Waals surface area contributed by atoms with Gasteiger partial charge in [0, 0.05) is 31.2 Å². The van der Waals surface area contributed by atoms with E-state index in [-0.39, 0.29) is 12.3 Å². The summed E-state index contributed by atoms with van der Waals surface area (Å²) in [7, 11) is 0. The van der Waals surface area contributed by atoms with Gasteiger partial charge in [0.15, 0.2) is 0 Å². The summed E-state index contributed by atoms with van der Waals surface area (Å²) in [6, 6.07) is 7.56. The number of hydrogen-bond donors (Lipinski definition) is 2. The zero-order valence-corrected chi connectivity index (χ0v) is 15.9. The lowest BCUT2D eigenvalue weighted by Gasteiger charge is -2.36. The summed E-state index contributed by atoms with van der Waals surface area (Å²) in [4.78, 5) is 23.4. The topological polar surface area (TPSA) is 75.6 Å². The Kier molecular flexibility index (Phi) is 8.39. The molecular weight excluding hydrogens is 354 g/mol. The Morgan fingerprint density at radius 2 is 1.81 bits per heavy atom. The minimum absolute atomic E-state index is 0.0499. The van der Waals surface area contributed by atoms with Crippen molar-refractivity contribution in [2.75, 3.05) is 19.8 Å². The van der Waals surface area contributed by atoms with Crippen LogP contribution in [0.4, 0.5) is 0 Å². The predicted octanol–water partition coefficient (Wildman–Crippen LogP) is 3.93. The van der Waals surface area contributed by atoms with Crippen LogP contribution in [0.3, 0.4) is 0 Å². The monoisotopic (exact) mass is 381 g/mol. The molecule has 2 rings (SSSR count). The van der Waals surface area contributed by atoms with Crippen molar-refractivity contribution in [3.05, 3.63) is 34.9 Å². The van der Waals surface area contributed by atoms with Crippen LogP contribution >= 0.6 is 11.6 Å². The average Bonchev–Trinajstić information content (AvgIpc) is 2.64. The van der Waals surface area contributed by atoms with Crippen molar-refractivity contribution in [1.82, 2.24) is 5.32 Å². The molecule has 1 amide bonds. The van der Waals surface area contributed by atoms with Crippen LogP contribution in [0.1, 0.15) is 56.9 Å². The number of halogens is 1. The second-order valence-electron chi connectivity index (χ2n) is 6.87. The van der Waals surface area contributed by atoms with Gasteiger partial charge in [-0.1, -0.05) is 43.0 Å². The maximum absolute atomic E-state index is 13.0. The molecule has 0 spiro atoms. The van der Waals surface area contributed by atoms with Crippen molar-refractivity contribution in [3.63, 3.8) is 0 Å². The lowest BCUT2D eigenvalue weighted by Crippen LogP contribution is -2.48. The highest BCUT2D eigenvalue weighted by Gasteiger charge is 2.41. The second kappa shape index (κ2) is 10.5. The molecule has 0 atom stereocenters. The van der Waals surface area contributed by atoms with Crippen LogP contribution in [0, 0.1) is 0 Å². The number of carbonyl (C=O) groups excluding carboxylic acids is 1. The summed E-state index contributed by atoms with van der Waals surface area (Å²) >= 11 is 6.14. The molecule has 1 heterocycles. The van der Waals surface area contributed by atoms with Crippen molar-refractivity contribution in [1.29, 1.82) is 0 Å². The van der Waals surface area contributed by atoms with Gasteiger partial charge in [-0.15, -0.1) is 0 Å². The number of benzene rings is 1. The molecule has 144 valence electrons. The first-order chi connectivity index (χ1) is 12.5. The molecule has 1 aliphatic rings. The van der Waals surface area contributed by atoms with Crippen LogP contribution in [0.25, 0.3) is 0 Å². The summed E-state index contributed by atoms with van der Waals surface area (Å²) in [5, 5.41) is 12.3. The third-order valence-electron chi connectivity index (χ3n) is 5.01. The standard InChI is InChI=1S/C20H28ClNO4/c21-17-8-6-7-16(15-17)20(10-13-26-14-11-20)19(25)22-12-5-3-1-2-4-9-18(23)24/h6-8,15H,1-5,9-14H2,(H,22,25)(H,23,24). The third-order valence-corrected chi connectivity index (χ3v) is 5.25. The summed E-state index contributed by atoms with van der Waals surface area (Å²) in [5.74, 6) is -0.686. The maximum atomic E-state index is 13.0. The molecule has 1 aliphatic heterocycles. The average molecular weight is 382 g/mol. The molecule has 1 aromatic carbocycles. The number of hydrogen-bond acceptors (Lipinski definition) is 3. The van der Waals surface area contributed by atoms with Gasteiger partial charge < -0.3 is 15.2 Å². The Labute approximate surface area is 160 Å². The Hall–Kier alpha value is -1.59. The van der Waals surface area contributed by atoms with E-state index >= 15 is 0 Å².